The van der Waals surface area contributed by atoms with E-state index in [1.54, 1.807) is 19.2 Å². The number of likely N-dealkylation sites (N-methyl/N-ethyl adjacent to an activating group) is 1. The number of carbonyl (C=O) groups excluding carboxylic acids is 1. The Hall–Kier alpha value is -1.31. The number of nitrogens with zero attached hydrogens (tertiary/aromatic N) is 1. The molecule has 0 bridgehead atoms. The molecular weight excluding hydrogens is 439 g/mol. The Bertz CT molecular complexity index is 722. The van der Waals surface area contributed by atoms with Crippen molar-refractivity contribution in [2.75, 3.05) is 27.7 Å². The SMILES string of the molecule is COc1ccccc1C(CNC(=O)c1cc(Cl)ccc1I)N(C)C. The molecule has 0 aliphatic rings. The van der Waals surface area contributed by atoms with Crippen LogP contribution in [0.25, 0.3) is 0 Å². The summed E-state index contributed by atoms with van der Waals surface area (Å²) in [5.41, 5.74) is 1.62. The van der Waals surface area contributed by atoms with Gasteiger partial charge in [0.2, 0.25) is 0 Å². The molecule has 0 fully saturated rings. The van der Waals surface area contributed by atoms with Crippen molar-refractivity contribution in [3.63, 3.8) is 0 Å². The van der Waals surface area contributed by atoms with Crippen LogP contribution in [0.1, 0.15) is 22.0 Å². The first-order valence-corrected chi connectivity index (χ1v) is 8.92. The Morgan fingerprint density at radius 2 is 2.00 bits per heavy atom. The van der Waals surface area contributed by atoms with Gasteiger partial charge in [-0.05, 0) is 61.0 Å². The molecular formula is C18H20ClIN2O2. The van der Waals surface area contributed by atoms with Crippen LogP contribution in [0.15, 0.2) is 42.5 Å². The Labute approximate surface area is 161 Å². The lowest BCUT2D eigenvalue weighted by Crippen LogP contribution is -2.35. The third-order valence-corrected chi connectivity index (χ3v) is 4.93. The third kappa shape index (κ3) is 4.62. The number of carbonyl (C=O) groups is 1. The Morgan fingerprint density at radius 1 is 1.29 bits per heavy atom. The lowest BCUT2D eigenvalue weighted by atomic mass is 10.0. The molecule has 1 N–H and O–H groups in total. The average Bonchev–Trinajstić information content (AvgIpc) is 2.57. The van der Waals surface area contributed by atoms with Crippen LogP contribution in [0.5, 0.6) is 5.75 Å². The summed E-state index contributed by atoms with van der Waals surface area (Å²) in [5, 5.41) is 3.55. The fourth-order valence-electron chi connectivity index (χ4n) is 2.47. The summed E-state index contributed by atoms with van der Waals surface area (Å²) in [6, 6.07) is 13.1. The van der Waals surface area contributed by atoms with Crippen LogP contribution in [0.3, 0.4) is 0 Å². The molecule has 0 saturated heterocycles. The monoisotopic (exact) mass is 458 g/mol. The van der Waals surface area contributed by atoms with Gasteiger partial charge in [0.25, 0.3) is 5.91 Å². The van der Waals surface area contributed by atoms with Crippen molar-refractivity contribution in [1.29, 1.82) is 0 Å². The molecule has 0 spiro atoms. The van der Waals surface area contributed by atoms with Crippen molar-refractivity contribution < 1.29 is 9.53 Å². The second kappa shape index (κ2) is 8.69. The number of rotatable bonds is 6. The van der Waals surface area contributed by atoms with E-state index in [1.807, 2.05) is 44.4 Å². The van der Waals surface area contributed by atoms with Crippen LogP contribution in [0.2, 0.25) is 5.02 Å². The minimum absolute atomic E-state index is 0.00180. The number of para-hydroxylation sites is 1. The quantitative estimate of drug-likeness (QED) is 0.666. The van der Waals surface area contributed by atoms with Crippen LogP contribution in [0, 0.1) is 3.57 Å². The van der Waals surface area contributed by atoms with Crippen LogP contribution in [-0.4, -0.2) is 38.6 Å². The molecule has 24 heavy (non-hydrogen) atoms. The van der Waals surface area contributed by atoms with E-state index in [1.165, 1.54) is 0 Å². The van der Waals surface area contributed by atoms with Crippen molar-refractivity contribution in [2.45, 2.75) is 6.04 Å². The van der Waals surface area contributed by atoms with Gasteiger partial charge in [-0.1, -0.05) is 29.8 Å². The summed E-state index contributed by atoms with van der Waals surface area (Å²) in [7, 11) is 5.61. The van der Waals surface area contributed by atoms with Gasteiger partial charge in [-0.3, -0.25) is 4.79 Å². The average molecular weight is 459 g/mol. The molecule has 0 aliphatic heterocycles. The van der Waals surface area contributed by atoms with Gasteiger partial charge in [0.05, 0.1) is 18.7 Å². The molecule has 6 heteroatoms. The van der Waals surface area contributed by atoms with E-state index in [9.17, 15) is 4.79 Å². The highest BCUT2D eigenvalue weighted by Crippen LogP contribution is 2.27. The highest BCUT2D eigenvalue weighted by atomic mass is 127. The Balaban J connectivity index is 2.17. The van der Waals surface area contributed by atoms with Crippen LogP contribution < -0.4 is 10.1 Å². The summed E-state index contributed by atoms with van der Waals surface area (Å²) in [4.78, 5) is 14.6. The fourth-order valence-corrected chi connectivity index (χ4v) is 3.22. The number of nitrogens with one attached hydrogen (secondary N) is 1. The number of benzene rings is 2. The Morgan fingerprint density at radius 3 is 2.67 bits per heavy atom. The molecule has 2 aromatic carbocycles. The molecule has 0 saturated carbocycles. The van der Waals surface area contributed by atoms with Gasteiger partial charge >= 0.3 is 0 Å². The van der Waals surface area contributed by atoms with E-state index >= 15 is 0 Å². The molecule has 2 rings (SSSR count). The van der Waals surface area contributed by atoms with Crippen LogP contribution in [-0.2, 0) is 0 Å². The standard InChI is InChI=1S/C18H20ClIN2O2/c1-22(2)16(13-6-4-5-7-17(13)24-3)11-21-18(23)14-10-12(19)8-9-15(14)20/h4-10,16H,11H2,1-3H3,(H,21,23). The second-order valence-corrected chi connectivity index (χ2v) is 7.15. The van der Waals surface area contributed by atoms with E-state index in [4.69, 9.17) is 16.3 Å². The lowest BCUT2D eigenvalue weighted by molar-refractivity contribution is 0.0940. The molecule has 4 nitrogen and oxygen atoms in total. The van der Waals surface area contributed by atoms with Gasteiger partial charge < -0.3 is 15.0 Å². The fraction of sp³-hybridized carbons (Fsp3) is 0.278. The van der Waals surface area contributed by atoms with Gasteiger partial charge in [-0.25, -0.2) is 0 Å². The number of ether oxygens (including phenoxy) is 1. The first-order chi connectivity index (χ1) is 11.4. The minimum atomic E-state index is -0.136. The number of hydrogen-bond donors (Lipinski definition) is 1. The van der Waals surface area contributed by atoms with Crippen molar-refractivity contribution in [3.8, 4) is 5.75 Å². The van der Waals surface area contributed by atoms with E-state index in [0.717, 1.165) is 14.9 Å². The van der Waals surface area contributed by atoms with Gasteiger partial charge in [0.15, 0.2) is 0 Å². The topological polar surface area (TPSA) is 41.6 Å². The van der Waals surface area contributed by atoms with Gasteiger partial charge in [0.1, 0.15) is 5.75 Å². The second-order valence-electron chi connectivity index (χ2n) is 5.56. The molecule has 128 valence electrons. The highest BCUT2D eigenvalue weighted by molar-refractivity contribution is 14.1. The third-order valence-electron chi connectivity index (χ3n) is 3.75. The summed E-state index contributed by atoms with van der Waals surface area (Å²) in [6.07, 6.45) is 0. The number of halogens is 2. The normalized spacial score (nSPS) is 12.1. The molecule has 0 aromatic heterocycles. The summed E-state index contributed by atoms with van der Waals surface area (Å²) >= 11 is 8.14. The smallest absolute Gasteiger partial charge is 0.252 e. The maximum atomic E-state index is 12.5. The zero-order valence-electron chi connectivity index (χ0n) is 13.8. The highest BCUT2D eigenvalue weighted by Gasteiger charge is 2.20. The van der Waals surface area contributed by atoms with Gasteiger partial charge in [-0.2, -0.15) is 0 Å². The van der Waals surface area contributed by atoms with Gasteiger partial charge in [-0.15, -0.1) is 0 Å². The molecule has 0 radical (unpaired) electrons. The molecule has 2 aromatic rings. The maximum absolute atomic E-state index is 12.5. The lowest BCUT2D eigenvalue weighted by Gasteiger charge is -2.26. The number of hydrogen-bond acceptors (Lipinski definition) is 3. The number of amides is 1. The van der Waals surface area contributed by atoms with Crippen molar-refractivity contribution in [2.24, 2.45) is 0 Å². The molecule has 0 aliphatic carbocycles. The molecule has 1 amide bonds. The van der Waals surface area contributed by atoms with Crippen molar-refractivity contribution >= 4 is 40.1 Å². The predicted octanol–water partition coefficient (Wildman–Crippen LogP) is 3.99. The zero-order valence-corrected chi connectivity index (χ0v) is 16.8. The maximum Gasteiger partial charge on any atom is 0.252 e. The summed E-state index contributed by atoms with van der Waals surface area (Å²) in [6.45, 7) is 0.467. The van der Waals surface area contributed by atoms with E-state index in [-0.39, 0.29) is 11.9 Å². The largest absolute Gasteiger partial charge is 0.496 e. The van der Waals surface area contributed by atoms with Crippen LogP contribution >= 0.6 is 34.2 Å². The van der Waals surface area contributed by atoms with Crippen molar-refractivity contribution in [1.82, 2.24) is 10.2 Å². The minimum Gasteiger partial charge on any atom is -0.496 e. The Kier molecular flexibility index (Phi) is 6.89. The first kappa shape index (κ1) is 19.0. The molecule has 1 unspecified atom stereocenters. The van der Waals surface area contributed by atoms with E-state index < -0.39 is 0 Å². The zero-order chi connectivity index (χ0) is 17.7. The summed E-state index contributed by atoms with van der Waals surface area (Å²) in [5.74, 6) is 0.673. The summed E-state index contributed by atoms with van der Waals surface area (Å²) < 4.78 is 6.31. The molecule has 1 atom stereocenters. The van der Waals surface area contributed by atoms with Crippen molar-refractivity contribution in [3.05, 3.63) is 62.2 Å². The van der Waals surface area contributed by atoms with E-state index in [2.05, 4.69) is 32.8 Å². The molecule has 0 heterocycles. The predicted molar refractivity (Wildman–Crippen MR) is 106 cm³/mol. The van der Waals surface area contributed by atoms with E-state index in [0.29, 0.717) is 17.1 Å². The van der Waals surface area contributed by atoms with Gasteiger partial charge in [0, 0.05) is 20.7 Å². The number of methoxy groups -OCH3 is 1. The van der Waals surface area contributed by atoms with Crippen LogP contribution in [0.4, 0.5) is 0 Å². The first-order valence-electron chi connectivity index (χ1n) is 7.46.